The van der Waals surface area contributed by atoms with E-state index in [2.05, 4.69) is 15.9 Å². The molecule has 14 heavy (non-hydrogen) atoms. The fraction of sp³-hybridized carbons (Fsp3) is 0.333. The Kier molecular flexibility index (Phi) is 4.00. The topological polar surface area (TPSA) is 66.5 Å². The van der Waals surface area contributed by atoms with Crippen molar-refractivity contribution in [2.24, 2.45) is 5.73 Å². The predicted molar refractivity (Wildman–Crippen MR) is 54.1 cm³/mol. The molecule has 0 heterocycles. The molecule has 5 heteroatoms. The number of aliphatic hydroxyl groups is 2. The molecule has 1 rings (SSSR count). The highest BCUT2D eigenvalue weighted by molar-refractivity contribution is 9.10. The van der Waals surface area contributed by atoms with Gasteiger partial charge in [0.15, 0.2) is 0 Å². The van der Waals surface area contributed by atoms with Gasteiger partial charge >= 0.3 is 0 Å². The minimum atomic E-state index is -1.18. The largest absolute Gasteiger partial charge is 0.389 e. The normalized spacial score (nSPS) is 15.2. The highest BCUT2D eigenvalue weighted by Crippen LogP contribution is 2.27. The average Bonchev–Trinajstić information content (AvgIpc) is 2.20. The molecule has 0 aliphatic heterocycles. The summed E-state index contributed by atoms with van der Waals surface area (Å²) in [6.45, 7) is -0.0792. The molecule has 3 nitrogen and oxygen atoms in total. The third-order valence-corrected chi connectivity index (χ3v) is 2.74. The van der Waals surface area contributed by atoms with Crippen LogP contribution in [0.5, 0.6) is 0 Å². The molecule has 1 aromatic carbocycles. The van der Waals surface area contributed by atoms with Gasteiger partial charge in [-0.25, -0.2) is 4.39 Å². The van der Waals surface area contributed by atoms with Crippen molar-refractivity contribution in [1.82, 2.24) is 0 Å². The third-order valence-electron chi connectivity index (χ3n) is 1.91. The zero-order chi connectivity index (χ0) is 10.7. The second-order valence-corrected chi connectivity index (χ2v) is 3.68. The average molecular weight is 264 g/mol. The fourth-order valence-corrected chi connectivity index (χ4v) is 1.58. The molecule has 0 bridgehead atoms. The van der Waals surface area contributed by atoms with Crippen molar-refractivity contribution in [2.75, 3.05) is 6.54 Å². The Labute approximate surface area is 89.5 Å². The van der Waals surface area contributed by atoms with Crippen molar-refractivity contribution in [3.05, 3.63) is 34.1 Å². The molecule has 2 unspecified atom stereocenters. The number of rotatable bonds is 3. The number of benzene rings is 1. The van der Waals surface area contributed by atoms with E-state index in [1.54, 1.807) is 0 Å². The summed E-state index contributed by atoms with van der Waals surface area (Å²) in [7, 11) is 0. The maximum atomic E-state index is 13.0. The Morgan fingerprint density at radius 1 is 1.43 bits per heavy atom. The van der Waals surface area contributed by atoms with Crippen LogP contribution in [0, 0.1) is 5.82 Å². The summed E-state index contributed by atoms with van der Waals surface area (Å²) in [4.78, 5) is 0. The summed E-state index contributed by atoms with van der Waals surface area (Å²) in [6.07, 6.45) is -2.27. The second-order valence-electron chi connectivity index (χ2n) is 2.89. The van der Waals surface area contributed by atoms with E-state index in [1.165, 1.54) is 18.2 Å². The van der Waals surface area contributed by atoms with Gasteiger partial charge in [0.25, 0.3) is 0 Å². The lowest BCUT2D eigenvalue weighted by molar-refractivity contribution is 0.0237. The van der Waals surface area contributed by atoms with Crippen LogP contribution in [-0.4, -0.2) is 22.9 Å². The van der Waals surface area contributed by atoms with Crippen LogP contribution in [0.25, 0.3) is 0 Å². The van der Waals surface area contributed by atoms with Gasteiger partial charge in [-0.15, -0.1) is 0 Å². The molecule has 0 fully saturated rings. The van der Waals surface area contributed by atoms with E-state index in [1.807, 2.05) is 0 Å². The van der Waals surface area contributed by atoms with E-state index >= 15 is 0 Å². The number of nitrogens with two attached hydrogens (primary N) is 1. The summed E-state index contributed by atoms with van der Waals surface area (Å²) in [5, 5.41) is 18.8. The molecule has 0 saturated carbocycles. The Balaban J connectivity index is 3.01. The molecule has 0 aromatic heterocycles. The maximum absolute atomic E-state index is 13.0. The van der Waals surface area contributed by atoms with Gasteiger partial charge in [0.1, 0.15) is 11.9 Å². The summed E-state index contributed by atoms with van der Waals surface area (Å²) in [6, 6.07) is 4.24. The predicted octanol–water partition coefficient (Wildman–Crippen LogP) is 0.941. The first-order valence-corrected chi connectivity index (χ1v) is 4.87. The minimum absolute atomic E-state index is 0.0792. The zero-order valence-corrected chi connectivity index (χ0v) is 8.91. The quantitative estimate of drug-likeness (QED) is 0.761. The summed E-state index contributed by atoms with van der Waals surface area (Å²) in [5.41, 5.74) is 5.47. The van der Waals surface area contributed by atoms with Crippen LogP contribution in [0.15, 0.2) is 22.7 Å². The van der Waals surface area contributed by atoms with E-state index in [0.717, 1.165) is 0 Å². The van der Waals surface area contributed by atoms with Crippen LogP contribution in [0.3, 0.4) is 0 Å². The van der Waals surface area contributed by atoms with Gasteiger partial charge in [0.05, 0.1) is 10.6 Å². The highest BCUT2D eigenvalue weighted by atomic mass is 79.9. The van der Waals surface area contributed by atoms with Crippen LogP contribution in [0.1, 0.15) is 11.7 Å². The van der Waals surface area contributed by atoms with Crippen molar-refractivity contribution in [1.29, 1.82) is 0 Å². The summed E-state index contributed by atoms with van der Waals surface area (Å²) >= 11 is 2.99. The molecule has 2 atom stereocenters. The molecule has 0 radical (unpaired) electrons. The van der Waals surface area contributed by atoms with E-state index in [4.69, 9.17) is 5.73 Å². The van der Waals surface area contributed by atoms with Gasteiger partial charge in [-0.2, -0.15) is 0 Å². The first-order chi connectivity index (χ1) is 6.57. The van der Waals surface area contributed by atoms with Crippen LogP contribution in [0.4, 0.5) is 4.39 Å². The molecule has 0 aliphatic carbocycles. The first kappa shape index (κ1) is 11.6. The Bertz CT molecular complexity index is 322. The van der Waals surface area contributed by atoms with Gasteiger partial charge < -0.3 is 15.9 Å². The van der Waals surface area contributed by atoms with E-state index in [9.17, 15) is 14.6 Å². The van der Waals surface area contributed by atoms with Gasteiger partial charge in [0, 0.05) is 12.1 Å². The van der Waals surface area contributed by atoms with Gasteiger partial charge in [-0.05, 0) is 22.0 Å². The van der Waals surface area contributed by atoms with E-state index in [-0.39, 0.29) is 11.0 Å². The van der Waals surface area contributed by atoms with Crippen LogP contribution < -0.4 is 5.73 Å². The lowest BCUT2D eigenvalue weighted by Crippen LogP contribution is -2.27. The monoisotopic (exact) mass is 263 g/mol. The molecule has 4 N–H and O–H groups in total. The standard InChI is InChI=1S/C9H11BrFNO2/c10-8-5(2-1-3-6(8)11)9(14)7(13)4-12/h1-3,7,9,13-14H,4,12H2. The molecule has 0 spiro atoms. The fourth-order valence-electron chi connectivity index (χ4n) is 1.09. The Hall–Kier alpha value is -0.490. The van der Waals surface area contributed by atoms with Crippen molar-refractivity contribution in [3.63, 3.8) is 0 Å². The van der Waals surface area contributed by atoms with Gasteiger partial charge in [-0.3, -0.25) is 0 Å². The van der Waals surface area contributed by atoms with Gasteiger partial charge in [0.2, 0.25) is 0 Å². The van der Waals surface area contributed by atoms with Crippen molar-refractivity contribution in [2.45, 2.75) is 12.2 Å². The molecule has 1 aromatic rings. The Morgan fingerprint density at radius 3 is 2.64 bits per heavy atom. The third kappa shape index (κ3) is 2.30. The SMILES string of the molecule is NCC(O)C(O)c1cccc(F)c1Br. The minimum Gasteiger partial charge on any atom is -0.389 e. The Morgan fingerprint density at radius 2 is 2.07 bits per heavy atom. The molecule has 0 amide bonds. The smallest absolute Gasteiger partial charge is 0.137 e. The zero-order valence-electron chi connectivity index (χ0n) is 7.32. The maximum Gasteiger partial charge on any atom is 0.137 e. The molecule has 78 valence electrons. The van der Waals surface area contributed by atoms with Crippen LogP contribution in [-0.2, 0) is 0 Å². The summed E-state index contributed by atoms with van der Waals surface area (Å²) in [5.74, 6) is -0.481. The first-order valence-electron chi connectivity index (χ1n) is 4.08. The lowest BCUT2D eigenvalue weighted by atomic mass is 10.0. The van der Waals surface area contributed by atoms with E-state index in [0.29, 0.717) is 5.56 Å². The lowest BCUT2D eigenvalue weighted by Gasteiger charge is -2.17. The van der Waals surface area contributed by atoms with Crippen molar-refractivity contribution < 1.29 is 14.6 Å². The van der Waals surface area contributed by atoms with Gasteiger partial charge in [-0.1, -0.05) is 12.1 Å². The number of hydrogen-bond acceptors (Lipinski definition) is 3. The van der Waals surface area contributed by atoms with E-state index < -0.39 is 18.0 Å². The molecular formula is C9H11BrFNO2. The number of halogens is 2. The number of hydrogen-bond donors (Lipinski definition) is 3. The van der Waals surface area contributed by atoms with Crippen LogP contribution in [0.2, 0.25) is 0 Å². The summed E-state index contributed by atoms with van der Waals surface area (Å²) < 4.78 is 13.2. The molecule has 0 aliphatic rings. The number of aliphatic hydroxyl groups excluding tert-OH is 2. The van der Waals surface area contributed by atoms with Crippen molar-refractivity contribution in [3.8, 4) is 0 Å². The highest BCUT2D eigenvalue weighted by Gasteiger charge is 2.20. The second kappa shape index (κ2) is 4.84. The van der Waals surface area contributed by atoms with Crippen molar-refractivity contribution >= 4 is 15.9 Å². The van der Waals surface area contributed by atoms with Crippen LogP contribution >= 0.6 is 15.9 Å². The molecular weight excluding hydrogens is 253 g/mol. The molecule has 0 saturated heterocycles.